The van der Waals surface area contributed by atoms with E-state index in [1.54, 1.807) is 5.51 Å². The van der Waals surface area contributed by atoms with Gasteiger partial charge in [-0.1, -0.05) is 0 Å². The van der Waals surface area contributed by atoms with Gasteiger partial charge >= 0.3 is 6.03 Å². The second-order valence-corrected chi connectivity index (χ2v) is 7.49. The molecule has 1 aliphatic rings. The Morgan fingerprint density at radius 2 is 2.12 bits per heavy atom. The summed E-state index contributed by atoms with van der Waals surface area (Å²) in [5.74, 6) is -0.0811. The van der Waals surface area contributed by atoms with Gasteiger partial charge in [-0.25, -0.2) is 9.78 Å². The van der Waals surface area contributed by atoms with Crippen molar-refractivity contribution in [1.29, 1.82) is 0 Å². The van der Waals surface area contributed by atoms with Crippen molar-refractivity contribution in [2.75, 3.05) is 26.2 Å². The number of amides is 3. The number of carbonyl (C=O) groups excluding carboxylic acids is 2. The number of carbonyl (C=O) groups is 2. The molecular formula is C19H26N4O2S. The molecule has 6 nitrogen and oxygen atoms in total. The molecule has 1 aliphatic heterocycles. The molecule has 0 aliphatic carbocycles. The molecule has 1 aromatic carbocycles. The standard InChI is InChI=1S/C19H26N4O2S/c1-3-22(4-2)19(25)23-10-6-5-7-15(12-23)21-18(24)14-8-9-16-17(11-14)26-13-20-16/h8-9,11,13,15H,3-7,10,12H2,1-2H3,(H,21,24)/t15-/m0/s1. The highest BCUT2D eigenvalue weighted by Gasteiger charge is 2.25. The van der Waals surface area contributed by atoms with Gasteiger partial charge in [0.05, 0.1) is 15.7 Å². The molecule has 1 saturated heterocycles. The predicted molar refractivity (Wildman–Crippen MR) is 105 cm³/mol. The summed E-state index contributed by atoms with van der Waals surface area (Å²) in [5, 5.41) is 3.12. The van der Waals surface area contributed by atoms with E-state index in [0.717, 1.165) is 36.0 Å². The first-order chi connectivity index (χ1) is 12.6. The minimum atomic E-state index is -0.0811. The van der Waals surface area contributed by atoms with E-state index in [1.165, 1.54) is 11.3 Å². The first-order valence-corrected chi connectivity index (χ1v) is 10.2. The fourth-order valence-electron chi connectivity index (χ4n) is 3.39. The predicted octanol–water partition coefficient (Wildman–Crippen LogP) is 3.34. The number of likely N-dealkylation sites (tertiary alicyclic amines) is 1. The molecule has 140 valence electrons. The van der Waals surface area contributed by atoms with E-state index in [4.69, 9.17) is 0 Å². The molecule has 7 heteroatoms. The molecule has 1 N–H and O–H groups in total. The van der Waals surface area contributed by atoms with Crippen molar-refractivity contribution < 1.29 is 9.59 Å². The topological polar surface area (TPSA) is 65.5 Å². The van der Waals surface area contributed by atoms with Crippen LogP contribution in [0.5, 0.6) is 0 Å². The molecule has 1 atom stereocenters. The summed E-state index contributed by atoms with van der Waals surface area (Å²) < 4.78 is 1.01. The molecule has 0 unspecified atom stereocenters. The van der Waals surface area contributed by atoms with Crippen LogP contribution < -0.4 is 5.32 Å². The normalized spacial score (nSPS) is 17.8. The van der Waals surface area contributed by atoms with Crippen molar-refractivity contribution in [2.45, 2.75) is 39.2 Å². The lowest BCUT2D eigenvalue weighted by atomic mass is 10.1. The summed E-state index contributed by atoms with van der Waals surface area (Å²) >= 11 is 1.53. The SMILES string of the molecule is CCN(CC)C(=O)N1CCCC[C@H](NC(=O)c2ccc3ncsc3c2)C1. The largest absolute Gasteiger partial charge is 0.348 e. The maximum Gasteiger partial charge on any atom is 0.320 e. The van der Waals surface area contributed by atoms with Gasteiger partial charge in [0.1, 0.15) is 0 Å². The van der Waals surface area contributed by atoms with Gasteiger partial charge in [-0.05, 0) is 51.3 Å². The van der Waals surface area contributed by atoms with Gasteiger partial charge in [-0.15, -0.1) is 11.3 Å². The molecule has 0 spiro atoms. The zero-order valence-electron chi connectivity index (χ0n) is 15.4. The van der Waals surface area contributed by atoms with Gasteiger partial charge in [0.15, 0.2) is 0 Å². The molecule has 0 radical (unpaired) electrons. The third-order valence-electron chi connectivity index (χ3n) is 4.90. The fourth-order valence-corrected chi connectivity index (χ4v) is 4.11. The number of fused-ring (bicyclic) bond motifs is 1. The zero-order valence-corrected chi connectivity index (χ0v) is 16.2. The van der Waals surface area contributed by atoms with Crippen LogP contribution in [-0.2, 0) is 0 Å². The maximum absolute atomic E-state index is 12.7. The monoisotopic (exact) mass is 374 g/mol. The Morgan fingerprint density at radius 1 is 1.31 bits per heavy atom. The molecule has 2 heterocycles. The second kappa shape index (κ2) is 8.49. The van der Waals surface area contributed by atoms with E-state index < -0.39 is 0 Å². The van der Waals surface area contributed by atoms with Crippen LogP contribution in [0.2, 0.25) is 0 Å². The zero-order chi connectivity index (χ0) is 18.5. The Labute approximate surface area is 158 Å². The summed E-state index contributed by atoms with van der Waals surface area (Å²) in [6.45, 7) is 6.73. The highest BCUT2D eigenvalue weighted by atomic mass is 32.1. The van der Waals surface area contributed by atoms with Crippen LogP contribution in [-0.4, -0.2) is 58.9 Å². The van der Waals surface area contributed by atoms with Crippen molar-refractivity contribution in [3.63, 3.8) is 0 Å². The maximum atomic E-state index is 12.7. The van der Waals surface area contributed by atoms with E-state index in [2.05, 4.69) is 10.3 Å². The number of nitrogens with one attached hydrogen (secondary N) is 1. The van der Waals surface area contributed by atoms with Crippen LogP contribution in [0.15, 0.2) is 23.7 Å². The third-order valence-corrected chi connectivity index (χ3v) is 5.70. The molecule has 3 amide bonds. The number of urea groups is 1. The number of aromatic nitrogens is 1. The quantitative estimate of drug-likeness (QED) is 0.893. The van der Waals surface area contributed by atoms with Gasteiger partial charge in [0.25, 0.3) is 5.91 Å². The molecule has 0 saturated carbocycles. The van der Waals surface area contributed by atoms with E-state index in [9.17, 15) is 9.59 Å². The van der Waals surface area contributed by atoms with Crippen molar-refractivity contribution in [2.24, 2.45) is 0 Å². The lowest BCUT2D eigenvalue weighted by Crippen LogP contribution is -2.49. The van der Waals surface area contributed by atoms with Gasteiger partial charge in [-0.3, -0.25) is 4.79 Å². The van der Waals surface area contributed by atoms with E-state index in [1.807, 2.05) is 41.8 Å². The lowest BCUT2D eigenvalue weighted by molar-refractivity contribution is 0.0924. The first kappa shape index (κ1) is 18.6. The average Bonchev–Trinajstić information content (AvgIpc) is 3.00. The van der Waals surface area contributed by atoms with Gasteiger partial charge in [0.2, 0.25) is 0 Å². The fraction of sp³-hybridized carbons (Fsp3) is 0.526. The Hall–Kier alpha value is -2.15. The smallest absolute Gasteiger partial charge is 0.320 e. The number of benzene rings is 1. The lowest BCUT2D eigenvalue weighted by Gasteiger charge is -2.30. The van der Waals surface area contributed by atoms with Gasteiger partial charge < -0.3 is 15.1 Å². The number of rotatable bonds is 4. The Bertz CT molecular complexity index is 772. The van der Waals surface area contributed by atoms with Gasteiger partial charge in [-0.2, -0.15) is 0 Å². The molecule has 26 heavy (non-hydrogen) atoms. The highest BCUT2D eigenvalue weighted by Crippen LogP contribution is 2.20. The van der Waals surface area contributed by atoms with Gasteiger partial charge in [0, 0.05) is 37.8 Å². The van der Waals surface area contributed by atoms with Crippen LogP contribution in [0.4, 0.5) is 4.79 Å². The van der Waals surface area contributed by atoms with E-state index in [0.29, 0.717) is 25.2 Å². The summed E-state index contributed by atoms with van der Waals surface area (Å²) in [6.07, 6.45) is 2.89. The molecular weight excluding hydrogens is 348 g/mol. The van der Waals surface area contributed by atoms with Crippen LogP contribution in [0, 0.1) is 0 Å². The third kappa shape index (κ3) is 4.15. The Morgan fingerprint density at radius 3 is 2.88 bits per heavy atom. The molecule has 2 aromatic rings. The number of hydrogen-bond donors (Lipinski definition) is 1. The van der Waals surface area contributed by atoms with Crippen LogP contribution in [0.25, 0.3) is 10.2 Å². The minimum absolute atomic E-state index is 0.0123. The number of hydrogen-bond acceptors (Lipinski definition) is 4. The van der Waals surface area contributed by atoms with Crippen molar-refractivity contribution >= 4 is 33.5 Å². The molecule has 0 bridgehead atoms. The molecule has 1 fully saturated rings. The summed E-state index contributed by atoms with van der Waals surface area (Å²) in [4.78, 5) is 33.3. The summed E-state index contributed by atoms with van der Waals surface area (Å²) in [5.41, 5.74) is 3.35. The number of thiazole rings is 1. The second-order valence-electron chi connectivity index (χ2n) is 6.60. The van der Waals surface area contributed by atoms with E-state index in [-0.39, 0.29) is 18.0 Å². The highest BCUT2D eigenvalue weighted by molar-refractivity contribution is 7.16. The van der Waals surface area contributed by atoms with Crippen LogP contribution >= 0.6 is 11.3 Å². The Balaban J connectivity index is 1.67. The minimum Gasteiger partial charge on any atom is -0.348 e. The summed E-state index contributed by atoms with van der Waals surface area (Å²) in [6, 6.07) is 5.64. The molecule has 1 aromatic heterocycles. The van der Waals surface area contributed by atoms with Crippen LogP contribution in [0.1, 0.15) is 43.5 Å². The Kier molecular flexibility index (Phi) is 6.08. The average molecular weight is 375 g/mol. The summed E-state index contributed by atoms with van der Waals surface area (Å²) in [7, 11) is 0. The van der Waals surface area contributed by atoms with Crippen molar-refractivity contribution in [3.8, 4) is 0 Å². The molecule has 3 rings (SSSR count). The number of nitrogens with zero attached hydrogens (tertiary/aromatic N) is 3. The first-order valence-electron chi connectivity index (χ1n) is 9.30. The van der Waals surface area contributed by atoms with E-state index >= 15 is 0 Å². The van der Waals surface area contributed by atoms with Crippen molar-refractivity contribution in [1.82, 2.24) is 20.1 Å². The van der Waals surface area contributed by atoms with Crippen LogP contribution in [0.3, 0.4) is 0 Å². The van der Waals surface area contributed by atoms with Crippen molar-refractivity contribution in [3.05, 3.63) is 29.3 Å².